The van der Waals surface area contributed by atoms with Crippen LogP contribution < -0.4 is 0 Å². The van der Waals surface area contributed by atoms with E-state index in [0.29, 0.717) is 28.5 Å². The summed E-state index contributed by atoms with van der Waals surface area (Å²) in [6.07, 6.45) is 1.00. The van der Waals surface area contributed by atoms with E-state index in [1.54, 1.807) is 13.3 Å². The standard InChI is InChI=1S/C26H25ClF3N3O/c1-34-14-21(25-32-23-9-7-18(27)13-24(23)33-25)16-4-2-15(3-5-16)19-10-11-31-22-8-6-17(12-20(19)22)26(28,29)30/h6-13,15-16,21H,2-5,14H2,1H3,(H,32,33). The van der Waals surface area contributed by atoms with Gasteiger partial charge >= 0.3 is 6.18 Å². The Morgan fingerprint density at radius 1 is 1.06 bits per heavy atom. The molecule has 5 rings (SSSR count). The Hall–Kier alpha value is -2.64. The number of methoxy groups -OCH3 is 1. The van der Waals surface area contributed by atoms with Crippen LogP contribution >= 0.6 is 11.6 Å². The smallest absolute Gasteiger partial charge is 0.384 e. The summed E-state index contributed by atoms with van der Waals surface area (Å²) >= 11 is 6.13. The lowest BCUT2D eigenvalue weighted by Gasteiger charge is -2.33. The molecule has 2 aromatic heterocycles. The van der Waals surface area contributed by atoms with Gasteiger partial charge in [0.05, 0.1) is 28.7 Å². The fraction of sp³-hybridized carbons (Fsp3) is 0.385. The molecule has 0 aliphatic heterocycles. The van der Waals surface area contributed by atoms with E-state index in [-0.39, 0.29) is 11.8 Å². The number of H-pyrrole nitrogens is 1. The van der Waals surface area contributed by atoms with Crippen molar-refractivity contribution in [2.24, 2.45) is 5.92 Å². The maximum absolute atomic E-state index is 13.3. The molecule has 0 radical (unpaired) electrons. The maximum Gasteiger partial charge on any atom is 0.416 e. The summed E-state index contributed by atoms with van der Waals surface area (Å²) in [4.78, 5) is 12.5. The van der Waals surface area contributed by atoms with Gasteiger partial charge < -0.3 is 9.72 Å². The third kappa shape index (κ3) is 4.51. The molecule has 1 unspecified atom stereocenters. The second kappa shape index (κ2) is 9.19. The van der Waals surface area contributed by atoms with Crippen LogP contribution in [0, 0.1) is 5.92 Å². The van der Waals surface area contributed by atoms with Crippen LogP contribution in [0.1, 0.15) is 54.5 Å². The Kier molecular flexibility index (Phi) is 6.25. The molecule has 0 saturated heterocycles. The highest BCUT2D eigenvalue weighted by Crippen LogP contribution is 2.44. The highest BCUT2D eigenvalue weighted by molar-refractivity contribution is 6.31. The van der Waals surface area contributed by atoms with Crippen LogP contribution in [0.3, 0.4) is 0 Å². The molecule has 178 valence electrons. The molecule has 8 heteroatoms. The molecule has 4 nitrogen and oxygen atoms in total. The summed E-state index contributed by atoms with van der Waals surface area (Å²) in [5.41, 5.74) is 2.70. The summed E-state index contributed by atoms with van der Waals surface area (Å²) in [7, 11) is 1.69. The molecule has 0 spiro atoms. The molecule has 1 fully saturated rings. The molecule has 0 amide bonds. The molecule has 2 heterocycles. The average Bonchev–Trinajstić information content (AvgIpc) is 3.24. The van der Waals surface area contributed by atoms with Crippen molar-refractivity contribution in [3.8, 4) is 0 Å². The summed E-state index contributed by atoms with van der Waals surface area (Å²) in [6, 6.07) is 11.3. The van der Waals surface area contributed by atoms with E-state index in [0.717, 1.165) is 54.2 Å². The van der Waals surface area contributed by atoms with Crippen molar-refractivity contribution in [1.29, 1.82) is 0 Å². The van der Waals surface area contributed by atoms with Crippen molar-refractivity contribution in [2.45, 2.75) is 43.7 Å². The van der Waals surface area contributed by atoms with Crippen molar-refractivity contribution in [2.75, 3.05) is 13.7 Å². The molecule has 2 aromatic carbocycles. The third-order valence-electron chi connectivity index (χ3n) is 7.04. The van der Waals surface area contributed by atoms with Crippen LogP contribution in [0.2, 0.25) is 5.02 Å². The lowest BCUT2D eigenvalue weighted by molar-refractivity contribution is -0.137. The SMILES string of the molecule is COCC(c1nc2ccc(Cl)cc2[nH]1)C1CCC(c2ccnc3ccc(C(F)(F)F)cc23)CC1. The number of rotatable bonds is 5. The van der Waals surface area contributed by atoms with Crippen LogP contribution in [0.15, 0.2) is 48.7 Å². The van der Waals surface area contributed by atoms with Crippen molar-refractivity contribution in [1.82, 2.24) is 15.0 Å². The van der Waals surface area contributed by atoms with Crippen LogP contribution in [-0.4, -0.2) is 28.7 Å². The van der Waals surface area contributed by atoms with Crippen LogP contribution in [0.5, 0.6) is 0 Å². The molecule has 0 bridgehead atoms. The zero-order valence-electron chi connectivity index (χ0n) is 18.7. The number of pyridine rings is 1. The first kappa shape index (κ1) is 23.1. The van der Waals surface area contributed by atoms with Crippen LogP contribution in [0.25, 0.3) is 21.9 Å². The second-order valence-corrected chi connectivity index (χ2v) is 9.52. The quantitative estimate of drug-likeness (QED) is 0.317. The van der Waals surface area contributed by atoms with Crippen LogP contribution in [0.4, 0.5) is 13.2 Å². The average molecular weight is 488 g/mol. The zero-order chi connectivity index (χ0) is 23.9. The number of alkyl halides is 3. The number of benzene rings is 2. The van der Waals surface area contributed by atoms with Crippen molar-refractivity contribution in [3.63, 3.8) is 0 Å². The normalized spacial score (nSPS) is 20.1. The lowest BCUT2D eigenvalue weighted by atomic mass is 9.73. The van der Waals surface area contributed by atoms with Gasteiger partial charge in [0.1, 0.15) is 5.82 Å². The van der Waals surface area contributed by atoms with Gasteiger partial charge in [-0.1, -0.05) is 11.6 Å². The Morgan fingerprint density at radius 2 is 1.82 bits per heavy atom. The molecule has 4 aromatic rings. The van der Waals surface area contributed by atoms with Crippen LogP contribution in [-0.2, 0) is 10.9 Å². The topological polar surface area (TPSA) is 50.8 Å². The lowest BCUT2D eigenvalue weighted by Crippen LogP contribution is -2.24. The minimum absolute atomic E-state index is 0.114. The first-order valence-corrected chi connectivity index (χ1v) is 11.8. The number of ether oxygens (including phenoxy) is 1. The van der Waals surface area contributed by atoms with Crippen molar-refractivity contribution in [3.05, 3.63) is 70.6 Å². The predicted molar refractivity (Wildman–Crippen MR) is 127 cm³/mol. The summed E-state index contributed by atoms with van der Waals surface area (Å²) in [6.45, 7) is 0.552. The summed E-state index contributed by atoms with van der Waals surface area (Å²) < 4.78 is 45.5. The van der Waals surface area contributed by atoms with E-state index < -0.39 is 11.7 Å². The maximum atomic E-state index is 13.3. The van der Waals surface area contributed by atoms with Crippen molar-refractivity contribution < 1.29 is 17.9 Å². The number of fused-ring (bicyclic) bond motifs is 2. The predicted octanol–water partition coefficient (Wildman–Crippen LogP) is 7.49. The van der Waals surface area contributed by atoms with Gasteiger partial charge in [0, 0.05) is 29.6 Å². The Labute approximate surface area is 200 Å². The van der Waals surface area contributed by atoms with Gasteiger partial charge in [-0.3, -0.25) is 4.98 Å². The van der Waals surface area contributed by atoms with E-state index in [4.69, 9.17) is 21.3 Å². The number of hydrogen-bond acceptors (Lipinski definition) is 3. The van der Waals surface area contributed by atoms with E-state index >= 15 is 0 Å². The molecule has 1 aliphatic rings. The fourth-order valence-electron chi connectivity index (χ4n) is 5.33. The first-order valence-electron chi connectivity index (χ1n) is 11.4. The van der Waals surface area contributed by atoms with E-state index in [9.17, 15) is 13.2 Å². The Bertz CT molecular complexity index is 1310. The van der Waals surface area contributed by atoms with Gasteiger partial charge in [-0.2, -0.15) is 13.2 Å². The van der Waals surface area contributed by atoms with E-state index in [1.165, 1.54) is 12.1 Å². The molecule has 34 heavy (non-hydrogen) atoms. The molecular weight excluding hydrogens is 463 g/mol. The largest absolute Gasteiger partial charge is 0.416 e. The molecule has 1 atom stereocenters. The van der Waals surface area contributed by atoms with E-state index in [2.05, 4.69) is 9.97 Å². The summed E-state index contributed by atoms with van der Waals surface area (Å²) in [5, 5.41) is 1.26. The minimum atomic E-state index is -4.37. The molecule has 1 N–H and O–H groups in total. The third-order valence-corrected chi connectivity index (χ3v) is 7.28. The molecule has 1 aliphatic carbocycles. The van der Waals surface area contributed by atoms with Gasteiger partial charge in [-0.15, -0.1) is 0 Å². The Balaban J connectivity index is 1.38. The second-order valence-electron chi connectivity index (χ2n) is 9.09. The number of nitrogens with zero attached hydrogens (tertiary/aromatic N) is 2. The number of halogens is 4. The zero-order valence-corrected chi connectivity index (χ0v) is 19.5. The highest BCUT2D eigenvalue weighted by Gasteiger charge is 2.33. The highest BCUT2D eigenvalue weighted by atomic mass is 35.5. The molecule has 1 saturated carbocycles. The first-order chi connectivity index (χ1) is 16.3. The van der Waals surface area contributed by atoms with Gasteiger partial charge in [-0.25, -0.2) is 4.98 Å². The van der Waals surface area contributed by atoms with Crippen molar-refractivity contribution >= 4 is 33.5 Å². The number of aromatic nitrogens is 3. The van der Waals surface area contributed by atoms with Gasteiger partial charge in [-0.05, 0) is 85.5 Å². The number of hydrogen-bond donors (Lipinski definition) is 1. The van der Waals surface area contributed by atoms with Gasteiger partial charge in [0.25, 0.3) is 0 Å². The number of nitrogens with one attached hydrogen (secondary N) is 1. The summed E-state index contributed by atoms with van der Waals surface area (Å²) in [5.74, 6) is 1.57. The van der Waals surface area contributed by atoms with E-state index in [1.807, 2.05) is 24.3 Å². The number of imidazole rings is 1. The number of aromatic amines is 1. The fourth-order valence-corrected chi connectivity index (χ4v) is 5.50. The van der Waals surface area contributed by atoms with Gasteiger partial charge in [0.15, 0.2) is 0 Å². The van der Waals surface area contributed by atoms with Gasteiger partial charge in [0.2, 0.25) is 0 Å². The minimum Gasteiger partial charge on any atom is -0.384 e. The monoisotopic (exact) mass is 487 g/mol. The Morgan fingerprint density at radius 3 is 2.56 bits per heavy atom. The molecular formula is C26H25ClF3N3O.